The van der Waals surface area contributed by atoms with Gasteiger partial charge < -0.3 is 10.1 Å². The molecule has 0 unspecified atom stereocenters. The highest BCUT2D eigenvalue weighted by molar-refractivity contribution is 5.69. The standard InChI is InChI=1S/C14H21NO2/c1-2-17-14(16)10-12-15-11-6-9-13-7-4-3-5-8-13/h3-5,7-8,15H,2,6,9-12H2,1H3. The predicted octanol–water partition coefficient (Wildman–Crippen LogP) is 2.16. The molecule has 0 amide bonds. The van der Waals surface area contributed by atoms with Crippen molar-refractivity contribution < 1.29 is 9.53 Å². The Kier molecular flexibility index (Phi) is 7.07. The van der Waals surface area contributed by atoms with Gasteiger partial charge in [-0.3, -0.25) is 4.79 Å². The molecule has 1 aromatic carbocycles. The summed E-state index contributed by atoms with van der Waals surface area (Å²) in [4.78, 5) is 11.0. The van der Waals surface area contributed by atoms with Crippen molar-refractivity contribution >= 4 is 5.97 Å². The van der Waals surface area contributed by atoms with Crippen LogP contribution in [0.15, 0.2) is 30.3 Å². The number of rotatable bonds is 8. The quantitative estimate of drug-likeness (QED) is 0.554. The number of nitrogens with one attached hydrogen (secondary N) is 1. The van der Waals surface area contributed by atoms with Crippen LogP contribution in [0.4, 0.5) is 0 Å². The van der Waals surface area contributed by atoms with Gasteiger partial charge >= 0.3 is 5.97 Å². The molecule has 3 nitrogen and oxygen atoms in total. The maximum Gasteiger partial charge on any atom is 0.307 e. The van der Waals surface area contributed by atoms with Gasteiger partial charge in [-0.05, 0) is 31.9 Å². The SMILES string of the molecule is CCOC(=O)CCNCCCc1ccccc1. The molecule has 17 heavy (non-hydrogen) atoms. The van der Waals surface area contributed by atoms with Gasteiger partial charge in [0, 0.05) is 6.54 Å². The van der Waals surface area contributed by atoms with Gasteiger partial charge in [0.25, 0.3) is 0 Å². The van der Waals surface area contributed by atoms with E-state index in [2.05, 4.69) is 29.6 Å². The summed E-state index contributed by atoms with van der Waals surface area (Å²) < 4.78 is 4.84. The van der Waals surface area contributed by atoms with Crippen LogP contribution in [0.3, 0.4) is 0 Å². The zero-order valence-corrected chi connectivity index (χ0v) is 10.4. The van der Waals surface area contributed by atoms with Gasteiger partial charge in [0.1, 0.15) is 0 Å². The summed E-state index contributed by atoms with van der Waals surface area (Å²) in [6.07, 6.45) is 2.62. The van der Waals surface area contributed by atoms with Gasteiger partial charge in [-0.1, -0.05) is 30.3 Å². The van der Waals surface area contributed by atoms with Crippen LogP contribution >= 0.6 is 0 Å². The third-order valence-electron chi connectivity index (χ3n) is 2.47. The average molecular weight is 235 g/mol. The minimum absolute atomic E-state index is 0.122. The molecule has 0 aliphatic carbocycles. The molecule has 0 aliphatic rings. The lowest BCUT2D eigenvalue weighted by molar-refractivity contribution is -0.142. The lowest BCUT2D eigenvalue weighted by Crippen LogP contribution is -2.20. The number of ether oxygens (including phenoxy) is 1. The fourth-order valence-corrected chi connectivity index (χ4v) is 1.61. The molecule has 0 fully saturated rings. The van der Waals surface area contributed by atoms with Crippen LogP contribution in [0, 0.1) is 0 Å². The van der Waals surface area contributed by atoms with Crippen LogP contribution in [0.1, 0.15) is 25.3 Å². The molecule has 0 radical (unpaired) electrons. The zero-order chi connectivity index (χ0) is 12.3. The van der Waals surface area contributed by atoms with Crippen LogP contribution in [-0.2, 0) is 16.0 Å². The summed E-state index contributed by atoms with van der Waals surface area (Å²) in [6, 6.07) is 10.4. The topological polar surface area (TPSA) is 38.3 Å². The van der Waals surface area contributed by atoms with E-state index in [1.807, 2.05) is 13.0 Å². The second kappa shape index (κ2) is 8.76. The number of aryl methyl sites for hydroxylation is 1. The van der Waals surface area contributed by atoms with Crippen molar-refractivity contribution in [2.24, 2.45) is 0 Å². The van der Waals surface area contributed by atoms with Crippen LogP contribution in [0.2, 0.25) is 0 Å². The lowest BCUT2D eigenvalue weighted by atomic mass is 10.1. The van der Waals surface area contributed by atoms with E-state index in [-0.39, 0.29) is 5.97 Å². The first-order valence-corrected chi connectivity index (χ1v) is 6.23. The normalized spacial score (nSPS) is 10.2. The first-order chi connectivity index (χ1) is 8.33. The summed E-state index contributed by atoms with van der Waals surface area (Å²) in [5, 5.41) is 3.24. The zero-order valence-electron chi connectivity index (χ0n) is 10.4. The summed E-state index contributed by atoms with van der Waals surface area (Å²) >= 11 is 0. The van der Waals surface area contributed by atoms with Gasteiger partial charge in [-0.25, -0.2) is 0 Å². The Morgan fingerprint density at radius 1 is 1.24 bits per heavy atom. The molecule has 0 aromatic heterocycles. The van der Waals surface area contributed by atoms with Gasteiger partial charge in [-0.2, -0.15) is 0 Å². The summed E-state index contributed by atoms with van der Waals surface area (Å²) in [6.45, 7) is 3.93. The Labute approximate surface area is 103 Å². The number of hydrogen-bond donors (Lipinski definition) is 1. The van der Waals surface area contributed by atoms with Crippen molar-refractivity contribution in [3.8, 4) is 0 Å². The molecule has 0 spiro atoms. The highest BCUT2D eigenvalue weighted by Gasteiger charge is 1.99. The molecule has 3 heteroatoms. The Balaban J connectivity index is 1.96. The van der Waals surface area contributed by atoms with Crippen LogP contribution < -0.4 is 5.32 Å². The van der Waals surface area contributed by atoms with Crippen molar-refractivity contribution in [2.45, 2.75) is 26.2 Å². The predicted molar refractivity (Wildman–Crippen MR) is 68.9 cm³/mol. The molecular weight excluding hydrogens is 214 g/mol. The maximum absolute atomic E-state index is 11.0. The van der Waals surface area contributed by atoms with Crippen molar-refractivity contribution in [2.75, 3.05) is 19.7 Å². The second-order valence-electron chi connectivity index (χ2n) is 3.89. The lowest BCUT2D eigenvalue weighted by Gasteiger charge is -2.04. The number of carbonyl (C=O) groups is 1. The summed E-state index contributed by atoms with van der Waals surface area (Å²) in [7, 11) is 0. The smallest absolute Gasteiger partial charge is 0.307 e. The van der Waals surface area contributed by atoms with E-state index in [1.165, 1.54) is 5.56 Å². The molecule has 0 heterocycles. The fraction of sp³-hybridized carbons (Fsp3) is 0.500. The molecule has 1 rings (SSSR count). The van der Waals surface area contributed by atoms with Crippen LogP contribution in [-0.4, -0.2) is 25.7 Å². The summed E-state index contributed by atoms with van der Waals surface area (Å²) in [5.74, 6) is -0.122. The molecule has 0 aliphatic heterocycles. The van der Waals surface area contributed by atoms with E-state index in [4.69, 9.17) is 4.74 Å². The van der Waals surface area contributed by atoms with Gasteiger partial charge in [-0.15, -0.1) is 0 Å². The van der Waals surface area contributed by atoms with E-state index >= 15 is 0 Å². The fourth-order valence-electron chi connectivity index (χ4n) is 1.61. The molecule has 0 bridgehead atoms. The third-order valence-corrected chi connectivity index (χ3v) is 2.47. The minimum Gasteiger partial charge on any atom is -0.466 e. The monoisotopic (exact) mass is 235 g/mol. The van der Waals surface area contributed by atoms with Gasteiger partial charge in [0.05, 0.1) is 13.0 Å². The molecule has 0 saturated carbocycles. The van der Waals surface area contributed by atoms with Gasteiger partial charge in [0.2, 0.25) is 0 Å². The Morgan fingerprint density at radius 3 is 2.71 bits per heavy atom. The van der Waals surface area contributed by atoms with Crippen LogP contribution in [0.25, 0.3) is 0 Å². The molecule has 0 saturated heterocycles. The molecule has 1 N–H and O–H groups in total. The van der Waals surface area contributed by atoms with E-state index in [0.29, 0.717) is 19.6 Å². The van der Waals surface area contributed by atoms with E-state index < -0.39 is 0 Å². The molecular formula is C14H21NO2. The Hall–Kier alpha value is -1.35. The molecule has 0 atom stereocenters. The van der Waals surface area contributed by atoms with E-state index in [9.17, 15) is 4.79 Å². The Morgan fingerprint density at radius 2 is 2.00 bits per heavy atom. The first-order valence-electron chi connectivity index (χ1n) is 6.23. The van der Waals surface area contributed by atoms with Crippen molar-refractivity contribution in [1.82, 2.24) is 5.32 Å². The third kappa shape index (κ3) is 6.74. The average Bonchev–Trinajstić information content (AvgIpc) is 2.35. The Bertz CT molecular complexity index is 311. The molecule has 1 aromatic rings. The van der Waals surface area contributed by atoms with Crippen molar-refractivity contribution in [3.05, 3.63) is 35.9 Å². The van der Waals surface area contributed by atoms with Crippen LogP contribution in [0.5, 0.6) is 0 Å². The summed E-state index contributed by atoms with van der Waals surface area (Å²) in [5.41, 5.74) is 1.36. The second-order valence-corrected chi connectivity index (χ2v) is 3.89. The number of esters is 1. The first kappa shape index (κ1) is 13.7. The minimum atomic E-state index is -0.122. The van der Waals surface area contributed by atoms with Crippen molar-refractivity contribution in [1.29, 1.82) is 0 Å². The number of hydrogen-bond acceptors (Lipinski definition) is 3. The van der Waals surface area contributed by atoms with Crippen molar-refractivity contribution in [3.63, 3.8) is 0 Å². The van der Waals surface area contributed by atoms with E-state index in [0.717, 1.165) is 19.4 Å². The highest BCUT2D eigenvalue weighted by Crippen LogP contribution is 2.01. The molecule has 94 valence electrons. The number of carbonyl (C=O) groups excluding carboxylic acids is 1. The number of benzene rings is 1. The van der Waals surface area contributed by atoms with E-state index in [1.54, 1.807) is 0 Å². The maximum atomic E-state index is 11.0. The largest absolute Gasteiger partial charge is 0.466 e. The van der Waals surface area contributed by atoms with Gasteiger partial charge in [0.15, 0.2) is 0 Å². The highest BCUT2D eigenvalue weighted by atomic mass is 16.5.